The van der Waals surface area contributed by atoms with E-state index in [2.05, 4.69) is 21.5 Å². The normalized spacial score (nSPS) is 10.5. The molecule has 0 aliphatic rings. The summed E-state index contributed by atoms with van der Waals surface area (Å²) in [5, 5.41) is 16.5. The van der Waals surface area contributed by atoms with E-state index >= 15 is 0 Å². The Morgan fingerprint density at radius 2 is 2.12 bits per heavy atom. The molecule has 8 heteroatoms. The molecule has 1 amide bonds. The molecule has 2 heterocycles. The number of nitrogens with one attached hydrogen (secondary N) is 1. The zero-order valence-electron chi connectivity index (χ0n) is 13.6. The quantitative estimate of drug-likeness (QED) is 0.777. The number of hydrogen-bond donors (Lipinski definition) is 1. The smallest absolute Gasteiger partial charge is 0.295 e. The van der Waals surface area contributed by atoms with Gasteiger partial charge in [0.25, 0.3) is 5.91 Å². The van der Waals surface area contributed by atoms with Crippen molar-refractivity contribution in [2.45, 2.75) is 20.3 Å². The molecule has 0 radical (unpaired) electrons. The monoisotopic (exact) mass is 355 g/mol. The van der Waals surface area contributed by atoms with E-state index in [0.717, 1.165) is 11.3 Å². The molecule has 1 aromatic carbocycles. The molecule has 6 nitrogen and oxygen atoms in total. The first kappa shape index (κ1) is 16.8. The molecule has 25 heavy (non-hydrogen) atoms. The van der Waals surface area contributed by atoms with Gasteiger partial charge in [0.1, 0.15) is 22.7 Å². The highest BCUT2D eigenvalue weighted by molar-refractivity contribution is 7.16. The van der Waals surface area contributed by atoms with Gasteiger partial charge in [-0.2, -0.15) is 5.26 Å². The number of benzene rings is 1. The average Bonchev–Trinajstić information content (AvgIpc) is 3.19. The lowest BCUT2D eigenvalue weighted by Crippen LogP contribution is -2.14. The van der Waals surface area contributed by atoms with Crippen molar-refractivity contribution in [1.29, 1.82) is 5.26 Å². The van der Waals surface area contributed by atoms with E-state index in [1.54, 1.807) is 25.1 Å². The molecular weight excluding hydrogens is 341 g/mol. The van der Waals surface area contributed by atoms with Crippen molar-refractivity contribution in [3.63, 3.8) is 0 Å². The molecule has 0 aliphatic carbocycles. The van der Waals surface area contributed by atoms with Crippen molar-refractivity contribution >= 4 is 22.2 Å². The molecule has 2 aromatic heterocycles. The van der Waals surface area contributed by atoms with E-state index in [0.29, 0.717) is 22.1 Å². The second-order valence-electron chi connectivity index (χ2n) is 5.25. The summed E-state index contributed by atoms with van der Waals surface area (Å²) in [6.07, 6.45) is 0.784. The van der Waals surface area contributed by atoms with Gasteiger partial charge < -0.3 is 5.32 Å². The minimum Gasteiger partial charge on any atom is -0.310 e. The number of carbonyl (C=O) groups is 1. The summed E-state index contributed by atoms with van der Waals surface area (Å²) in [7, 11) is 0. The summed E-state index contributed by atoms with van der Waals surface area (Å²) in [5.74, 6) is -0.368. The van der Waals surface area contributed by atoms with Crippen LogP contribution >= 0.6 is 11.3 Å². The molecule has 1 N–H and O–H groups in total. The zero-order valence-corrected chi connectivity index (χ0v) is 14.4. The highest BCUT2D eigenvalue weighted by atomic mass is 32.1. The first-order valence-electron chi connectivity index (χ1n) is 7.55. The summed E-state index contributed by atoms with van der Waals surface area (Å²) in [6.45, 7) is 3.68. The molecule has 0 fully saturated rings. The lowest BCUT2D eigenvalue weighted by atomic mass is 10.3. The number of halogens is 1. The molecule has 0 atom stereocenters. The third-order valence-electron chi connectivity index (χ3n) is 3.52. The maximum Gasteiger partial charge on any atom is 0.295 e. The standard InChI is InChI=1S/C17H14FN5OS/c1-3-14-8-11(9-19)17(25-14)21-16(24)15-20-10(2)23(22-15)13-6-4-12(18)5-7-13/h4-8H,3H2,1-2H3,(H,21,24). The van der Waals surface area contributed by atoms with E-state index in [4.69, 9.17) is 5.26 Å². The molecule has 0 bridgehead atoms. The van der Waals surface area contributed by atoms with E-state index in [-0.39, 0.29) is 11.6 Å². The van der Waals surface area contributed by atoms with Crippen LogP contribution in [-0.2, 0) is 6.42 Å². The van der Waals surface area contributed by atoms with Gasteiger partial charge in [-0.3, -0.25) is 4.79 Å². The summed E-state index contributed by atoms with van der Waals surface area (Å²) in [4.78, 5) is 17.6. The van der Waals surface area contributed by atoms with Crippen LogP contribution in [0.25, 0.3) is 5.69 Å². The number of anilines is 1. The first-order chi connectivity index (χ1) is 12.0. The van der Waals surface area contributed by atoms with Crippen LogP contribution in [0.4, 0.5) is 9.39 Å². The van der Waals surface area contributed by atoms with Gasteiger partial charge in [-0.1, -0.05) is 6.92 Å². The Hall–Kier alpha value is -3.05. The van der Waals surface area contributed by atoms with Crippen LogP contribution in [-0.4, -0.2) is 20.7 Å². The van der Waals surface area contributed by atoms with Gasteiger partial charge in [-0.05, 0) is 43.7 Å². The lowest BCUT2D eigenvalue weighted by Gasteiger charge is -2.02. The largest absolute Gasteiger partial charge is 0.310 e. The number of rotatable bonds is 4. The summed E-state index contributed by atoms with van der Waals surface area (Å²) in [5.41, 5.74) is 1.03. The number of aryl methyl sites for hydroxylation is 2. The Bertz CT molecular complexity index is 968. The van der Waals surface area contributed by atoms with Gasteiger partial charge in [0, 0.05) is 4.88 Å². The fourth-order valence-corrected chi connectivity index (χ4v) is 3.21. The molecule has 0 aliphatic heterocycles. The number of hydrogen-bond acceptors (Lipinski definition) is 5. The topological polar surface area (TPSA) is 83.6 Å². The van der Waals surface area contributed by atoms with Gasteiger partial charge in [0.05, 0.1) is 11.3 Å². The van der Waals surface area contributed by atoms with Crippen LogP contribution in [0.15, 0.2) is 30.3 Å². The molecule has 0 spiro atoms. The fraction of sp³-hybridized carbons (Fsp3) is 0.176. The van der Waals surface area contributed by atoms with Gasteiger partial charge in [0.2, 0.25) is 5.82 Å². The molecule has 3 aromatic rings. The van der Waals surface area contributed by atoms with Crippen LogP contribution in [0.5, 0.6) is 0 Å². The highest BCUT2D eigenvalue weighted by Crippen LogP contribution is 2.28. The second kappa shape index (κ2) is 6.83. The zero-order chi connectivity index (χ0) is 18.0. The minimum absolute atomic E-state index is 0.0165. The minimum atomic E-state index is -0.495. The van der Waals surface area contributed by atoms with Crippen LogP contribution in [0, 0.1) is 24.1 Å². The predicted molar refractivity (Wildman–Crippen MR) is 92.4 cm³/mol. The number of aromatic nitrogens is 3. The lowest BCUT2D eigenvalue weighted by molar-refractivity contribution is 0.101. The van der Waals surface area contributed by atoms with Gasteiger partial charge in [-0.15, -0.1) is 16.4 Å². The van der Waals surface area contributed by atoms with Crippen LogP contribution in [0.1, 0.15) is 33.8 Å². The number of carbonyl (C=O) groups excluding carboxylic acids is 1. The Labute approximate surface area is 147 Å². The summed E-state index contributed by atoms with van der Waals surface area (Å²) >= 11 is 1.36. The van der Waals surface area contributed by atoms with E-state index in [1.807, 2.05) is 6.92 Å². The third kappa shape index (κ3) is 3.41. The Morgan fingerprint density at radius 3 is 2.76 bits per heavy atom. The highest BCUT2D eigenvalue weighted by Gasteiger charge is 2.18. The van der Waals surface area contributed by atoms with Gasteiger partial charge in [0.15, 0.2) is 0 Å². The fourth-order valence-electron chi connectivity index (χ4n) is 2.26. The first-order valence-corrected chi connectivity index (χ1v) is 8.37. The Balaban J connectivity index is 1.86. The Morgan fingerprint density at radius 1 is 1.40 bits per heavy atom. The molecule has 0 saturated heterocycles. The summed E-state index contributed by atoms with van der Waals surface area (Å²) in [6, 6.07) is 9.56. The molecule has 126 valence electrons. The number of thiophene rings is 1. The van der Waals surface area contributed by atoms with Crippen LogP contribution in [0.3, 0.4) is 0 Å². The van der Waals surface area contributed by atoms with Gasteiger partial charge >= 0.3 is 0 Å². The van der Waals surface area contributed by atoms with Crippen LogP contribution < -0.4 is 5.32 Å². The van der Waals surface area contributed by atoms with Crippen LogP contribution in [0.2, 0.25) is 0 Å². The number of nitrogens with zero attached hydrogens (tertiary/aromatic N) is 4. The van der Waals surface area contributed by atoms with E-state index in [9.17, 15) is 9.18 Å². The average molecular weight is 355 g/mol. The van der Waals surface area contributed by atoms with Crippen molar-refractivity contribution in [3.8, 4) is 11.8 Å². The van der Waals surface area contributed by atoms with Crippen molar-refractivity contribution in [3.05, 3.63) is 58.2 Å². The molecule has 0 saturated carbocycles. The molecule has 0 unspecified atom stereocenters. The third-order valence-corrected chi connectivity index (χ3v) is 4.72. The van der Waals surface area contributed by atoms with E-state index < -0.39 is 5.91 Å². The predicted octanol–water partition coefficient (Wildman–Crippen LogP) is 3.46. The van der Waals surface area contributed by atoms with Crippen molar-refractivity contribution in [2.24, 2.45) is 0 Å². The maximum absolute atomic E-state index is 13.0. The number of amides is 1. The SMILES string of the molecule is CCc1cc(C#N)c(NC(=O)c2nc(C)n(-c3ccc(F)cc3)n2)s1. The van der Waals surface area contributed by atoms with Crippen molar-refractivity contribution in [1.82, 2.24) is 14.8 Å². The summed E-state index contributed by atoms with van der Waals surface area (Å²) < 4.78 is 14.5. The second-order valence-corrected chi connectivity index (χ2v) is 6.38. The van der Waals surface area contributed by atoms with E-state index in [1.165, 1.54) is 28.2 Å². The maximum atomic E-state index is 13.0. The van der Waals surface area contributed by atoms with Crippen molar-refractivity contribution in [2.75, 3.05) is 5.32 Å². The Kier molecular flexibility index (Phi) is 4.59. The van der Waals surface area contributed by atoms with Crippen molar-refractivity contribution < 1.29 is 9.18 Å². The van der Waals surface area contributed by atoms with Gasteiger partial charge in [-0.25, -0.2) is 14.1 Å². The number of nitriles is 1. The molecular formula is C17H14FN5OS. The molecule has 3 rings (SSSR count).